The van der Waals surface area contributed by atoms with Crippen LogP contribution in [0.5, 0.6) is 0 Å². The number of hydrogen-bond donors (Lipinski definition) is 0. The first-order valence-electron chi connectivity index (χ1n) is 4.43. The molecule has 0 amide bonds. The predicted octanol–water partition coefficient (Wildman–Crippen LogP) is 3.40. The van der Waals surface area contributed by atoms with Crippen LogP contribution in [0.15, 0.2) is 47.1 Å². The van der Waals surface area contributed by atoms with Crippen molar-refractivity contribution in [1.29, 1.82) is 0 Å². The second-order valence-electron chi connectivity index (χ2n) is 3.78. The first-order chi connectivity index (χ1) is 5.68. The lowest BCUT2D eigenvalue weighted by Gasteiger charge is -2.07. The van der Waals surface area contributed by atoms with Gasteiger partial charge in [-0.3, -0.25) is 0 Å². The molecular weight excluding hydrogens is 144 g/mol. The molecule has 62 valence electrons. The minimum Gasteiger partial charge on any atom is -0.0958 e. The van der Waals surface area contributed by atoms with Crippen LogP contribution < -0.4 is 0 Å². The molecule has 0 aromatic rings. The molecule has 2 rings (SSSR count). The quantitative estimate of drug-likeness (QED) is 0.548. The van der Waals surface area contributed by atoms with Crippen LogP contribution >= 0.6 is 0 Å². The van der Waals surface area contributed by atoms with Crippen LogP contribution in [-0.4, -0.2) is 0 Å². The molecule has 0 aliphatic heterocycles. The van der Waals surface area contributed by atoms with Gasteiger partial charge >= 0.3 is 0 Å². The second kappa shape index (κ2) is 2.48. The van der Waals surface area contributed by atoms with Gasteiger partial charge in [0.15, 0.2) is 0 Å². The molecule has 0 spiro atoms. The van der Waals surface area contributed by atoms with E-state index in [1.807, 2.05) is 0 Å². The highest BCUT2D eigenvalue weighted by atomic mass is 14.3. The first kappa shape index (κ1) is 7.60. The highest BCUT2D eigenvalue weighted by molar-refractivity contribution is 5.51. The second-order valence-corrected chi connectivity index (χ2v) is 3.78. The van der Waals surface area contributed by atoms with Gasteiger partial charge in [0.1, 0.15) is 0 Å². The lowest BCUT2D eigenvalue weighted by Crippen LogP contribution is -1.95. The first-order valence-corrected chi connectivity index (χ1v) is 4.43. The third-order valence-corrected chi connectivity index (χ3v) is 2.80. The van der Waals surface area contributed by atoms with Crippen LogP contribution in [0.3, 0.4) is 0 Å². The summed E-state index contributed by atoms with van der Waals surface area (Å²) in [5.74, 6) is 0.677. The van der Waals surface area contributed by atoms with Gasteiger partial charge in [-0.15, -0.1) is 0 Å². The molecular formula is C12H14. The van der Waals surface area contributed by atoms with Crippen molar-refractivity contribution in [3.63, 3.8) is 0 Å². The van der Waals surface area contributed by atoms with Crippen molar-refractivity contribution in [1.82, 2.24) is 0 Å². The van der Waals surface area contributed by atoms with Crippen molar-refractivity contribution < 1.29 is 0 Å². The van der Waals surface area contributed by atoms with Crippen LogP contribution in [0.25, 0.3) is 0 Å². The maximum absolute atomic E-state index is 3.97. The summed E-state index contributed by atoms with van der Waals surface area (Å²) in [5.41, 5.74) is 5.62. The van der Waals surface area contributed by atoms with Crippen LogP contribution in [0.1, 0.15) is 20.3 Å². The van der Waals surface area contributed by atoms with Crippen LogP contribution in [0.4, 0.5) is 0 Å². The van der Waals surface area contributed by atoms with Crippen LogP contribution in [0.2, 0.25) is 0 Å². The fraction of sp³-hybridized carbons (Fsp3) is 0.333. The van der Waals surface area contributed by atoms with Gasteiger partial charge < -0.3 is 0 Å². The average molecular weight is 158 g/mol. The van der Waals surface area contributed by atoms with Gasteiger partial charge in [0.05, 0.1) is 0 Å². The summed E-state index contributed by atoms with van der Waals surface area (Å²) >= 11 is 0. The van der Waals surface area contributed by atoms with E-state index in [-0.39, 0.29) is 0 Å². The topological polar surface area (TPSA) is 0 Å². The molecule has 0 heterocycles. The van der Waals surface area contributed by atoms with Crippen molar-refractivity contribution in [2.45, 2.75) is 20.3 Å². The molecule has 12 heavy (non-hydrogen) atoms. The van der Waals surface area contributed by atoms with E-state index < -0.39 is 0 Å². The molecule has 0 radical (unpaired) electrons. The highest BCUT2D eigenvalue weighted by Gasteiger charge is 2.25. The van der Waals surface area contributed by atoms with E-state index in [0.29, 0.717) is 5.92 Å². The molecule has 0 bridgehead atoms. The van der Waals surface area contributed by atoms with Gasteiger partial charge in [-0.25, -0.2) is 0 Å². The summed E-state index contributed by atoms with van der Waals surface area (Å²) in [6.45, 7) is 8.28. The zero-order chi connectivity index (χ0) is 8.72. The summed E-state index contributed by atoms with van der Waals surface area (Å²) in [6.07, 6.45) is 7.92. The lowest BCUT2D eigenvalue weighted by molar-refractivity contribution is 0.771. The van der Waals surface area contributed by atoms with Gasteiger partial charge in [0.2, 0.25) is 0 Å². The molecule has 0 fully saturated rings. The van der Waals surface area contributed by atoms with E-state index in [9.17, 15) is 0 Å². The SMILES string of the molecule is C=C(C)C1=CC2=CC=C(C)C2C1. The minimum absolute atomic E-state index is 0.677. The normalized spacial score (nSPS) is 26.2. The third-order valence-electron chi connectivity index (χ3n) is 2.80. The van der Waals surface area contributed by atoms with Crippen molar-refractivity contribution in [3.8, 4) is 0 Å². The van der Waals surface area contributed by atoms with E-state index in [4.69, 9.17) is 0 Å². The van der Waals surface area contributed by atoms with E-state index in [2.05, 4.69) is 38.7 Å². The predicted molar refractivity (Wildman–Crippen MR) is 52.8 cm³/mol. The Bertz CT molecular complexity index is 324. The Kier molecular flexibility index (Phi) is 1.57. The smallest absolute Gasteiger partial charge is 0.00891 e. The van der Waals surface area contributed by atoms with Crippen molar-refractivity contribution in [2.75, 3.05) is 0 Å². The van der Waals surface area contributed by atoms with E-state index in [0.717, 1.165) is 0 Å². The molecule has 0 aromatic carbocycles. The Morgan fingerprint density at radius 3 is 2.83 bits per heavy atom. The van der Waals surface area contributed by atoms with Gasteiger partial charge in [-0.1, -0.05) is 36.0 Å². The molecule has 0 saturated heterocycles. The van der Waals surface area contributed by atoms with Gasteiger partial charge in [0.25, 0.3) is 0 Å². The Labute approximate surface area is 74.0 Å². The largest absolute Gasteiger partial charge is 0.0958 e. The summed E-state index contributed by atoms with van der Waals surface area (Å²) < 4.78 is 0. The van der Waals surface area contributed by atoms with Crippen molar-refractivity contribution >= 4 is 0 Å². The molecule has 1 atom stereocenters. The zero-order valence-corrected chi connectivity index (χ0v) is 7.72. The number of fused-ring (bicyclic) bond motifs is 1. The third kappa shape index (κ3) is 0.989. The van der Waals surface area contributed by atoms with Crippen molar-refractivity contribution in [3.05, 3.63) is 47.1 Å². The Balaban J connectivity index is 2.27. The van der Waals surface area contributed by atoms with Crippen LogP contribution in [-0.2, 0) is 0 Å². The molecule has 0 saturated carbocycles. The summed E-state index contributed by atoms with van der Waals surface area (Å²) in [5, 5.41) is 0. The fourth-order valence-electron chi connectivity index (χ4n) is 1.93. The number of hydrogen-bond acceptors (Lipinski definition) is 0. The highest BCUT2D eigenvalue weighted by Crippen LogP contribution is 2.40. The summed E-state index contributed by atoms with van der Waals surface area (Å²) in [7, 11) is 0. The van der Waals surface area contributed by atoms with E-state index >= 15 is 0 Å². The van der Waals surface area contributed by atoms with Gasteiger partial charge in [-0.05, 0) is 31.4 Å². The molecule has 0 N–H and O–H groups in total. The molecule has 2 aliphatic rings. The minimum atomic E-state index is 0.677. The van der Waals surface area contributed by atoms with Gasteiger partial charge in [0, 0.05) is 5.92 Å². The standard InChI is InChI=1S/C12H14/c1-8(2)11-6-10-5-4-9(3)12(10)7-11/h4-6,12H,1,7H2,2-3H3. The molecule has 1 unspecified atom stereocenters. The maximum Gasteiger partial charge on any atom is 0.00891 e. The van der Waals surface area contributed by atoms with Crippen LogP contribution in [0, 0.1) is 5.92 Å². The molecule has 2 aliphatic carbocycles. The summed E-state index contributed by atoms with van der Waals surface area (Å²) in [6, 6.07) is 0. The Morgan fingerprint density at radius 1 is 1.50 bits per heavy atom. The number of allylic oxidation sites excluding steroid dienone is 7. The molecule has 0 heteroatoms. The molecule has 0 nitrogen and oxygen atoms in total. The monoisotopic (exact) mass is 158 g/mol. The zero-order valence-electron chi connectivity index (χ0n) is 7.72. The number of rotatable bonds is 1. The summed E-state index contributed by atoms with van der Waals surface area (Å²) in [4.78, 5) is 0. The average Bonchev–Trinajstić information content (AvgIpc) is 2.53. The lowest BCUT2D eigenvalue weighted by atomic mass is 9.96. The van der Waals surface area contributed by atoms with Crippen molar-refractivity contribution in [2.24, 2.45) is 5.92 Å². The Hall–Kier alpha value is -1.04. The molecule has 0 aromatic heterocycles. The van der Waals surface area contributed by atoms with Gasteiger partial charge in [-0.2, -0.15) is 0 Å². The van der Waals surface area contributed by atoms with E-state index in [1.165, 1.54) is 28.7 Å². The maximum atomic E-state index is 3.97. The Morgan fingerprint density at radius 2 is 2.25 bits per heavy atom. The van der Waals surface area contributed by atoms with E-state index in [1.54, 1.807) is 0 Å². The fourth-order valence-corrected chi connectivity index (χ4v) is 1.93.